The molecule has 0 bridgehead atoms. The van der Waals surface area contributed by atoms with E-state index >= 15 is 0 Å². The molecule has 0 aliphatic carbocycles. The first-order valence-corrected chi connectivity index (χ1v) is 6.94. The third-order valence-electron chi connectivity index (χ3n) is 3.23. The van der Waals surface area contributed by atoms with Gasteiger partial charge in [0, 0.05) is 11.8 Å². The SMILES string of the molecule is CC(C)c1cc(C(=O)O)cc(OC(C)c2ccccc2)n1. The number of hydrogen-bond donors (Lipinski definition) is 1. The summed E-state index contributed by atoms with van der Waals surface area (Å²) in [5.74, 6) is -0.495. The lowest BCUT2D eigenvalue weighted by Crippen LogP contribution is -2.08. The predicted molar refractivity (Wildman–Crippen MR) is 80.8 cm³/mol. The Balaban J connectivity index is 2.29. The second kappa shape index (κ2) is 6.39. The number of benzene rings is 1. The van der Waals surface area contributed by atoms with Crippen molar-refractivity contribution in [2.45, 2.75) is 32.8 Å². The van der Waals surface area contributed by atoms with Crippen molar-refractivity contribution >= 4 is 5.97 Å². The minimum Gasteiger partial charge on any atom is -0.478 e. The average molecular weight is 285 g/mol. The van der Waals surface area contributed by atoms with E-state index in [1.165, 1.54) is 6.07 Å². The minimum absolute atomic E-state index is 0.138. The van der Waals surface area contributed by atoms with Gasteiger partial charge in [0.15, 0.2) is 0 Å². The number of carbonyl (C=O) groups is 1. The Kier molecular flexibility index (Phi) is 4.58. The second-order valence-electron chi connectivity index (χ2n) is 5.25. The number of nitrogens with zero attached hydrogens (tertiary/aromatic N) is 1. The molecule has 1 atom stereocenters. The van der Waals surface area contributed by atoms with Crippen molar-refractivity contribution in [1.29, 1.82) is 0 Å². The highest BCUT2D eigenvalue weighted by atomic mass is 16.5. The number of carboxylic acids is 1. The summed E-state index contributed by atoms with van der Waals surface area (Å²) in [7, 11) is 0. The first kappa shape index (κ1) is 15.0. The zero-order valence-corrected chi connectivity index (χ0v) is 12.4. The minimum atomic E-state index is -0.975. The molecule has 0 saturated carbocycles. The molecular formula is C17H19NO3. The number of carboxylic acid groups (broad SMARTS) is 1. The summed E-state index contributed by atoms with van der Waals surface area (Å²) >= 11 is 0. The molecule has 21 heavy (non-hydrogen) atoms. The highest BCUT2D eigenvalue weighted by Crippen LogP contribution is 2.24. The molecule has 2 rings (SSSR count). The zero-order chi connectivity index (χ0) is 15.4. The molecule has 0 radical (unpaired) electrons. The molecule has 0 aliphatic heterocycles. The average Bonchev–Trinajstić information content (AvgIpc) is 2.47. The number of aromatic carboxylic acids is 1. The normalized spacial score (nSPS) is 12.2. The van der Waals surface area contributed by atoms with Crippen molar-refractivity contribution in [3.63, 3.8) is 0 Å². The quantitative estimate of drug-likeness (QED) is 0.900. The van der Waals surface area contributed by atoms with E-state index in [-0.39, 0.29) is 17.6 Å². The molecule has 1 aromatic heterocycles. The van der Waals surface area contributed by atoms with Gasteiger partial charge in [0.1, 0.15) is 6.10 Å². The van der Waals surface area contributed by atoms with E-state index in [9.17, 15) is 9.90 Å². The molecular weight excluding hydrogens is 266 g/mol. The van der Waals surface area contributed by atoms with Crippen LogP contribution in [0.4, 0.5) is 0 Å². The third kappa shape index (κ3) is 3.81. The van der Waals surface area contributed by atoms with Gasteiger partial charge in [-0.05, 0) is 24.5 Å². The van der Waals surface area contributed by atoms with Crippen LogP contribution in [0.15, 0.2) is 42.5 Å². The second-order valence-corrected chi connectivity index (χ2v) is 5.25. The molecule has 0 amide bonds. The molecule has 1 aromatic carbocycles. The van der Waals surface area contributed by atoms with E-state index in [0.29, 0.717) is 11.6 Å². The van der Waals surface area contributed by atoms with Gasteiger partial charge < -0.3 is 9.84 Å². The molecule has 0 saturated heterocycles. The lowest BCUT2D eigenvalue weighted by Gasteiger charge is -2.16. The number of ether oxygens (including phenoxy) is 1. The summed E-state index contributed by atoms with van der Waals surface area (Å²) in [6.45, 7) is 5.86. The van der Waals surface area contributed by atoms with E-state index in [2.05, 4.69) is 4.98 Å². The molecule has 0 aliphatic rings. The zero-order valence-electron chi connectivity index (χ0n) is 12.4. The highest BCUT2D eigenvalue weighted by molar-refractivity contribution is 5.88. The molecule has 0 fully saturated rings. The third-order valence-corrected chi connectivity index (χ3v) is 3.23. The van der Waals surface area contributed by atoms with Gasteiger partial charge in [-0.15, -0.1) is 0 Å². The summed E-state index contributed by atoms with van der Waals surface area (Å²) in [6.07, 6.45) is -0.192. The van der Waals surface area contributed by atoms with Crippen LogP contribution in [0.3, 0.4) is 0 Å². The van der Waals surface area contributed by atoms with Crippen LogP contribution in [-0.4, -0.2) is 16.1 Å². The van der Waals surface area contributed by atoms with Gasteiger partial charge in [-0.1, -0.05) is 44.2 Å². The largest absolute Gasteiger partial charge is 0.478 e. The lowest BCUT2D eigenvalue weighted by atomic mass is 10.1. The Morgan fingerprint density at radius 2 is 1.81 bits per heavy atom. The van der Waals surface area contributed by atoms with E-state index < -0.39 is 5.97 Å². The Bertz CT molecular complexity index is 623. The molecule has 4 nitrogen and oxygen atoms in total. The fourth-order valence-corrected chi connectivity index (χ4v) is 1.98. The topological polar surface area (TPSA) is 59.4 Å². The smallest absolute Gasteiger partial charge is 0.335 e. The van der Waals surface area contributed by atoms with Gasteiger partial charge in [0.25, 0.3) is 0 Å². The Morgan fingerprint density at radius 1 is 1.14 bits per heavy atom. The van der Waals surface area contributed by atoms with Gasteiger partial charge in [0.05, 0.1) is 5.56 Å². The fraction of sp³-hybridized carbons (Fsp3) is 0.294. The molecule has 0 spiro atoms. The lowest BCUT2D eigenvalue weighted by molar-refractivity contribution is 0.0695. The van der Waals surface area contributed by atoms with Crippen LogP contribution in [0.25, 0.3) is 0 Å². The maximum Gasteiger partial charge on any atom is 0.335 e. The molecule has 1 heterocycles. The molecule has 2 aromatic rings. The highest BCUT2D eigenvalue weighted by Gasteiger charge is 2.14. The summed E-state index contributed by atoms with van der Waals surface area (Å²) in [5, 5.41) is 9.18. The molecule has 1 N–H and O–H groups in total. The van der Waals surface area contributed by atoms with E-state index in [4.69, 9.17) is 4.74 Å². The van der Waals surface area contributed by atoms with E-state index in [0.717, 1.165) is 5.56 Å². The summed E-state index contributed by atoms with van der Waals surface area (Å²) in [6, 6.07) is 12.8. The van der Waals surface area contributed by atoms with Gasteiger partial charge in [0.2, 0.25) is 5.88 Å². The molecule has 4 heteroatoms. The van der Waals surface area contributed by atoms with Crippen molar-refractivity contribution in [3.8, 4) is 5.88 Å². The summed E-state index contributed by atoms with van der Waals surface area (Å²) in [5.41, 5.74) is 1.93. The van der Waals surface area contributed by atoms with Crippen LogP contribution in [0, 0.1) is 0 Å². The fourth-order valence-electron chi connectivity index (χ4n) is 1.98. The van der Waals surface area contributed by atoms with Crippen LogP contribution < -0.4 is 4.74 Å². The number of pyridine rings is 1. The van der Waals surface area contributed by atoms with Crippen molar-refractivity contribution in [2.75, 3.05) is 0 Å². The summed E-state index contributed by atoms with van der Waals surface area (Å²) in [4.78, 5) is 15.6. The van der Waals surface area contributed by atoms with Gasteiger partial charge in [-0.2, -0.15) is 0 Å². The van der Waals surface area contributed by atoms with Crippen molar-refractivity contribution in [1.82, 2.24) is 4.98 Å². The first-order chi connectivity index (χ1) is 9.97. The maximum absolute atomic E-state index is 11.2. The van der Waals surface area contributed by atoms with Gasteiger partial charge >= 0.3 is 5.97 Å². The maximum atomic E-state index is 11.2. The summed E-state index contributed by atoms with van der Waals surface area (Å²) < 4.78 is 5.81. The van der Waals surface area contributed by atoms with Crippen LogP contribution >= 0.6 is 0 Å². The van der Waals surface area contributed by atoms with Crippen LogP contribution in [0.1, 0.15) is 54.4 Å². The number of aromatic nitrogens is 1. The van der Waals surface area contributed by atoms with Crippen molar-refractivity contribution in [2.24, 2.45) is 0 Å². The Hall–Kier alpha value is -2.36. The van der Waals surface area contributed by atoms with E-state index in [1.54, 1.807) is 6.07 Å². The first-order valence-electron chi connectivity index (χ1n) is 6.94. The molecule has 110 valence electrons. The molecule has 1 unspecified atom stereocenters. The Morgan fingerprint density at radius 3 is 2.38 bits per heavy atom. The number of rotatable bonds is 5. The van der Waals surface area contributed by atoms with Crippen LogP contribution in [0.5, 0.6) is 5.88 Å². The van der Waals surface area contributed by atoms with Gasteiger partial charge in [-0.25, -0.2) is 9.78 Å². The number of hydrogen-bond acceptors (Lipinski definition) is 3. The van der Waals surface area contributed by atoms with Crippen LogP contribution in [0.2, 0.25) is 0 Å². The van der Waals surface area contributed by atoms with Crippen molar-refractivity contribution in [3.05, 3.63) is 59.3 Å². The standard InChI is InChI=1S/C17H19NO3/c1-11(2)15-9-14(17(19)20)10-16(18-15)21-12(3)13-7-5-4-6-8-13/h4-12H,1-3H3,(H,19,20). The monoisotopic (exact) mass is 285 g/mol. The van der Waals surface area contributed by atoms with Gasteiger partial charge in [-0.3, -0.25) is 0 Å². The predicted octanol–water partition coefficient (Wildman–Crippen LogP) is 4.04. The van der Waals surface area contributed by atoms with E-state index in [1.807, 2.05) is 51.1 Å². The van der Waals surface area contributed by atoms with Crippen molar-refractivity contribution < 1.29 is 14.6 Å². The Labute approximate surface area is 124 Å². The van der Waals surface area contributed by atoms with Crippen LogP contribution in [-0.2, 0) is 0 Å².